The average Bonchev–Trinajstić information content (AvgIpc) is 3.22. The zero-order chi connectivity index (χ0) is 23.7. The molecule has 0 bridgehead atoms. The van der Waals surface area contributed by atoms with Gasteiger partial charge in [0.2, 0.25) is 17.7 Å². The number of aliphatic carboxylic acids is 1. The Morgan fingerprint density at radius 3 is 2.06 bits per heavy atom. The number of rotatable bonds is 12. The summed E-state index contributed by atoms with van der Waals surface area (Å²) in [7, 11) is 0. The number of carboxylic acids is 1. The lowest BCUT2D eigenvalue weighted by atomic mass is 9.97. The third kappa shape index (κ3) is 8.47. The van der Waals surface area contributed by atoms with Crippen molar-refractivity contribution in [2.75, 3.05) is 6.54 Å². The monoisotopic (exact) mass is 440 g/mol. The van der Waals surface area contributed by atoms with Crippen LogP contribution in [0.4, 0.5) is 0 Å². The molecule has 0 aromatic carbocycles. The Balaban J connectivity index is 2.91. The van der Waals surface area contributed by atoms with Gasteiger partial charge in [0.25, 0.3) is 0 Å². The zero-order valence-corrected chi connectivity index (χ0v) is 19.7. The van der Waals surface area contributed by atoms with Crippen molar-refractivity contribution in [3.63, 3.8) is 0 Å². The fourth-order valence-corrected chi connectivity index (χ4v) is 3.60. The minimum atomic E-state index is -1.10. The van der Waals surface area contributed by atoms with Crippen molar-refractivity contribution in [3.05, 3.63) is 0 Å². The van der Waals surface area contributed by atoms with Crippen molar-refractivity contribution in [1.82, 2.24) is 21.3 Å². The molecule has 1 aliphatic heterocycles. The highest BCUT2D eigenvalue weighted by Gasteiger charge is 2.33. The van der Waals surface area contributed by atoms with Crippen LogP contribution >= 0.6 is 0 Å². The summed E-state index contributed by atoms with van der Waals surface area (Å²) in [6.45, 7) is 11.9. The van der Waals surface area contributed by atoms with Crippen molar-refractivity contribution < 1.29 is 24.3 Å². The second kappa shape index (κ2) is 12.6. The van der Waals surface area contributed by atoms with Crippen LogP contribution < -0.4 is 21.3 Å². The topological polar surface area (TPSA) is 137 Å². The van der Waals surface area contributed by atoms with Crippen LogP contribution in [-0.4, -0.2) is 59.5 Å². The summed E-state index contributed by atoms with van der Waals surface area (Å²) >= 11 is 0. The molecule has 0 spiro atoms. The lowest BCUT2D eigenvalue weighted by Crippen LogP contribution is -2.59. The highest BCUT2D eigenvalue weighted by molar-refractivity contribution is 5.94. The molecule has 0 radical (unpaired) electrons. The van der Waals surface area contributed by atoms with Gasteiger partial charge in [0.1, 0.15) is 18.1 Å². The maximum absolute atomic E-state index is 13.0. The average molecular weight is 441 g/mol. The maximum atomic E-state index is 13.0. The molecule has 1 aliphatic rings. The highest BCUT2D eigenvalue weighted by Crippen LogP contribution is 2.12. The molecule has 1 fully saturated rings. The molecule has 5 N–H and O–H groups in total. The quantitative estimate of drug-likeness (QED) is 0.307. The van der Waals surface area contributed by atoms with Gasteiger partial charge >= 0.3 is 5.97 Å². The first-order chi connectivity index (χ1) is 14.5. The smallest absolute Gasteiger partial charge is 0.326 e. The molecule has 5 atom stereocenters. The van der Waals surface area contributed by atoms with Crippen molar-refractivity contribution in [3.8, 4) is 0 Å². The number of carboxylic acid groups (broad SMARTS) is 1. The molecule has 5 unspecified atom stereocenters. The van der Waals surface area contributed by atoms with E-state index in [9.17, 15) is 24.3 Å². The van der Waals surface area contributed by atoms with E-state index in [1.807, 2.05) is 34.6 Å². The van der Waals surface area contributed by atoms with Gasteiger partial charge in [-0.3, -0.25) is 14.4 Å². The molecular formula is C22H40N4O5. The molecular weight excluding hydrogens is 400 g/mol. The summed E-state index contributed by atoms with van der Waals surface area (Å²) in [5.74, 6) is -2.64. The van der Waals surface area contributed by atoms with E-state index in [1.165, 1.54) is 0 Å². The standard InChI is InChI=1S/C22H40N4O5/c1-7-14(6)18(22(30)31)26-20(28)16(11-12(2)3)24-21(29)17(13(4)5)25-19(27)15-9-8-10-23-15/h12-18,23H,7-11H2,1-6H3,(H,24,29)(H,25,27)(H,26,28)(H,30,31). The first-order valence-corrected chi connectivity index (χ1v) is 11.3. The Labute approximate surface area is 185 Å². The van der Waals surface area contributed by atoms with E-state index >= 15 is 0 Å². The second-order valence-corrected chi connectivity index (χ2v) is 9.28. The van der Waals surface area contributed by atoms with Crippen molar-refractivity contribution in [2.24, 2.45) is 17.8 Å². The van der Waals surface area contributed by atoms with E-state index in [0.717, 1.165) is 19.4 Å². The van der Waals surface area contributed by atoms with E-state index in [4.69, 9.17) is 0 Å². The van der Waals surface area contributed by atoms with Gasteiger partial charge in [-0.1, -0.05) is 48.0 Å². The van der Waals surface area contributed by atoms with E-state index in [0.29, 0.717) is 12.8 Å². The predicted octanol–water partition coefficient (Wildman–Crippen LogP) is 1.03. The fraction of sp³-hybridized carbons (Fsp3) is 0.818. The van der Waals surface area contributed by atoms with E-state index in [-0.39, 0.29) is 29.7 Å². The fourth-order valence-electron chi connectivity index (χ4n) is 3.60. The van der Waals surface area contributed by atoms with Gasteiger partial charge in [-0.2, -0.15) is 0 Å². The molecule has 0 saturated carbocycles. The number of hydrogen-bond acceptors (Lipinski definition) is 5. The van der Waals surface area contributed by atoms with Crippen LogP contribution in [0, 0.1) is 17.8 Å². The Kier molecular flexibility index (Phi) is 11.0. The van der Waals surface area contributed by atoms with E-state index in [1.54, 1.807) is 6.92 Å². The first-order valence-electron chi connectivity index (χ1n) is 11.3. The molecule has 0 aromatic heterocycles. The van der Waals surface area contributed by atoms with Crippen LogP contribution in [-0.2, 0) is 19.2 Å². The van der Waals surface area contributed by atoms with Crippen LogP contribution in [0.15, 0.2) is 0 Å². The first kappa shape index (κ1) is 26.9. The van der Waals surface area contributed by atoms with Gasteiger partial charge in [0, 0.05) is 0 Å². The predicted molar refractivity (Wildman–Crippen MR) is 118 cm³/mol. The molecule has 31 heavy (non-hydrogen) atoms. The minimum absolute atomic E-state index is 0.0951. The number of carbonyl (C=O) groups is 4. The Morgan fingerprint density at radius 1 is 0.968 bits per heavy atom. The summed E-state index contributed by atoms with van der Waals surface area (Å²) in [6, 6.07) is -3.02. The third-order valence-electron chi connectivity index (χ3n) is 5.74. The van der Waals surface area contributed by atoms with Crippen LogP contribution in [0.5, 0.6) is 0 Å². The molecule has 1 saturated heterocycles. The zero-order valence-electron chi connectivity index (χ0n) is 19.7. The molecule has 1 rings (SSSR count). The summed E-state index contributed by atoms with van der Waals surface area (Å²) in [5.41, 5.74) is 0. The van der Waals surface area contributed by atoms with Crippen LogP contribution in [0.1, 0.15) is 67.2 Å². The summed E-state index contributed by atoms with van der Waals surface area (Å²) in [4.78, 5) is 50.0. The summed E-state index contributed by atoms with van der Waals surface area (Å²) in [5, 5.41) is 20.7. The maximum Gasteiger partial charge on any atom is 0.326 e. The van der Waals surface area contributed by atoms with E-state index < -0.39 is 35.9 Å². The number of carbonyl (C=O) groups excluding carboxylic acids is 3. The van der Waals surface area contributed by atoms with Crippen molar-refractivity contribution in [2.45, 2.75) is 91.4 Å². The molecule has 0 aromatic rings. The molecule has 178 valence electrons. The second-order valence-electron chi connectivity index (χ2n) is 9.28. The number of nitrogens with one attached hydrogen (secondary N) is 4. The van der Waals surface area contributed by atoms with E-state index in [2.05, 4.69) is 21.3 Å². The number of hydrogen-bond donors (Lipinski definition) is 5. The van der Waals surface area contributed by atoms with Gasteiger partial charge in [0.05, 0.1) is 6.04 Å². The lowest BCUT2D eigenvalue weighted by molar-refractivity contribution is -0.144. The molecule has 1 heterocycles. The van der Waals surface area contributed by atoms with Gasteiger partial charge in [-0.15, -0.1) is 0 Å². The largest absolute Gasteiger partial charge is 0.480 e. The Hall–Kier alpha value is -2.16. The van der Waals surface area contributed by atoms with Gasteiger partial charge < -0.3 is 26.4 Å². The van der Waals surface area contributed by atoms with Crippen LogP contribution in [0.3, 0.4) is 0 Å². The van der Waals surface area contributed by atoms with Crippen LogP contribution in [0.25, 0.3) is 0 Å². The van der Waals surface area contributed by atoms with Gasteiger partial charge in [0.15, 0.2) is 0 Å². The molecule has 9 nitrogen and oxygen atoms in total. The van der Waals surface area contributed by atoms with Crippen LogP contribution in [0.2, 0.25) is 0 Å². The lowest BCUT2D eigenvalue weighted by Gasteiger charge is -2.28. The van der Waals surface area contributed by atoms with Gasteiger partial charge in [-0.05, 0) is 43.6 Å². The summed E-state index contributed by atoms with van der Waals surface area (Å²) in [6.07, 6.45) is 2.58. The minimum Gasteiger partial charge on any atom is -0.480 e. The highest BCUT2D eigenvalue weighted by atomic mass is 16.4. The third-order valence-corrected chi connectivity index (χ3v) is 5.74. The van der Waals surface area contributed by atoms with Gasteiger partial charge in [-0.25, -0.2) is 4.79 Å². The summed E-state index contributed by atoms with van der Waals surface area (Å²) < 4.78 is 0. The number of amides is 3. The Morgan fingerprint density at radius 2 is 1.61 bits per heavy atom. The molecule has 9 heteroatoms. The normalized spacial score (nSPS) is 20.1. The van der Waals surface area contributed by atoms with Crippen molar-refractivity contribution in [1.29, 1.82) is 0 Å². The SMILES string of the molecule is CCC(C)C(NC(=O)C(CC(C)C)NC(=O)C(NC(=O)C1CCCN1)C(C)C)C(=O)O. The molecule has 3 amide bonds. The molecule has 0 aliphatic carbocycles. The van der Waals surface area contributed by atoms with Crippen molar-refractivity contribution >= 4 is 23.7 Å². The Bertz CT molecular complexity index is 631.